The van der Waals surface area contributed by atoms with Gasteiger partial charge in [0.25, 0.3) is 0 Å². The Hall–Kier alpha value is -1.30. The lowest BCUT2D eigenvalue weighted by molar-refractivity contribution is -0.189. The van der Waals surface area contributed by atoms with Crippen LogP contribution in [-0.2, 0) is 19.0 Å². The topological polar surface area (TPSA) is 65.1 Å². The van der Waals surface area contributed by atoms with Gasteiger partial charge in [-0.25, -0.2) is 4.79 Å². The summed E-state index contributed by atoms with van der Waals surface area (Å²) in [4.78, 5) is 26.1. The fraction of sp³-hybridized carbons (Fsp3) is 0.882. The molecule has 1 aliphatic heterocycles. The van der Waals surface area contributed by atoms with Gasteiger partial charge < -0.3 is 14.2 Å². The lowest BCUT2D eigenvalue weighted by Crippen LogP contribution is -2.63. The van der Waals surface area contributed by atoms with Gasteiger partial charge in [0.15, 0.2) is 0 Å². The predicted octanol–water partition coefficient (Wildman–Crippen LogP) is 2.89. The first-order valence-electron chi connectivity index (χ1n) is 8.38. The number of methoxy groups -OCH3 is 1. The SMILES string of the molecule is COC(=O)C[C@]1(C)CN(C(=O)OC(C)(C)C)[C@H]2CCCC[C@@H]2O1. The first-order chi connectivity index (χ1) is 10.6. The number of esters is 1. The van der Waals surface area contributed by atoms with Crippen molar-refractivity contribution >= 4 is 12.1 Å². The summed E-state index contributed by atoms with van der Waals surface area (Å²) in [6.07, 6.45) is 3.74. The standard InChI is InChI=1S/C17H29NO5/c1-16(2,3)23-15(20)18-11-17(4,10-14(19)21-5)22-13-9-7-6-8-12(13)18/h12-13H,6-11H2,1-5H3/t12-,13-,17+/m0/s1. The van der Waals surface area contributed by atoms with E-state index in [0.29, 0.717) is 6.54 Å². The molecule has 1 saturated heterocycles. The van der Waals surface area contributed by atoms with Crippen molar-refractivity contribution in [2.75, 3.05) is 13.7 Å². The van der Waals surface area contributed by atoms with E-state index in [2.05, 4.69) is 0 Å². The Kier molecular flexibility index (Phi) is 5.23. The molecular formula is C17H29NO5. The Morgan fingerprint density at radius 3 is 2.52 bits per heavy atom. The van der Waals surface area contributed by atoms with E-state index in [9.17, 15) is 9.59 Å². The van der Waals surface area contributed by atoms with Crippen molar-refractivity contribution in [2.45, 2.75) is 83.1 Å². The van der Waals surface area contributed by atoms with E-state index in [1.807, 2.05) is 27.7 Å². The smallest absolute Gasteiger partial charge is 0.410 e. The predicted molar refractivity (Wildman–Crippen MR) is 85.1 cm³/mol. The van der Waals surface area contributed by atoms with Crippen LogP contribution in [0.5, 0.6) is 0 Å². The second kappa shape index (κ2) is 6.67. The number of hydrogen-bond donors (Lipinski definition) is 0. The highest BCUT2D eigenvalue weighted by molar-refractivity contribution is 5.72. The van der Waals surface area contributed by atoms with Crippen molar-refractivity contribution in [3.05, 3.63) is 0 Å². The van der Waals surface area contributed by atoms with Crippen LogP contribution in [0.3, 0.4) is 0 Å². The molecule has 1 amide bonds. The Bertz CT molecular complexity index is 458. The van der Waals surface area contributed by atoms with Gasteiger partial charge in [-0.1, -0.05) is 12.8 Å². The number of hydrogen-bond acceptors (Lipinski definition) is 5. The molecule has 0 aromatic rings. The molecule has 0 bridgehead atoms. The number of carbonyl (C=O) groups excluding carboxylic acids is 2. The molecule has 0 aromatic heterocycles. The van der Waals surface area contributed by atoms with Crippen LogP contribution in [0.1, 0.15) is 59.8 Å². The average molecular weight is 327 g/mol. The fourth-order valence-corrected chi connectivity index (χ4v) is 3.45. The maximum absolute atomic E-state index is 12.6. The van der Waals surface area contributed by atoms with E-state index in [-0.39, 0.29) is 30.6 Å². The van der Waals surface area contributed by atoms with Gasteiger partial charge in [0.05, 0.1) is 37.8 Å². The minimum absolute atomic E-state index is 0.0318. The maximum atomic E-state index is 12.6. The van der Waals surface area contributed by atoms with Crippen LogP contribution < -0.4 is 0 Å². The van der Waals surface area contributed by atoms with E-state index in [1.165, 1.54) is 7.11 Å². The van der Waals surface area contributed by atoms with Crippen molar-refractivity contribution in [1.29, 1.82) is 0 Å². The fourth-order valence-electron chi connectivity index (χ4n) is 3.45. The van der Waals surface area contributed by atoms with E-state index in [1.54, 1.807) is 4.90 Å². The van der Waals surface area contributed by atoms with Gasteiger partial charge in [-0.15, -0.1) is 0 Å². The number of fused-ring (bicyclic) bond motifs is 1. The number of morpholine rings is 1. The molecule has 1 heterocycles. The molecule has 0 aromatic carbocycles. The highest BCUT2D eigenvalue weighted by Gasteiger charge is 2.47. The van der Waals surface area contributed by atoms with Gasteiger partial charge in [0.1, 0.15) is 5.60 Å². The molecule has 6 nitrogen and oxygen atoms in total. The third-order valence-electron chi connectivity index (χ3n) is 4.38. The van der Waals surface area contributed by atoms with E-state index < -0.39 is 11.2 Å². The van der Waals surface area contributed by atoms with Gasteiger partial charge in [0, 0.05) is 0 Å². The molecule has 2 fully saturated rings. The van der Waals surface area contributed by atoms with Gasteiger partial charge >= 0.3 is 12.1 Å². The molecule has 23 heavy (non-hydrogen) atoms. The second-order valence-electron chi connectivity index (χ2n) is 7.82. The monoisotopic (exact) mass is 327 g/mol. The maximum Gasteiger partial charge on any atom is 0.410 e. The molecule has 132 valence electrons. The summed E-state index contributed by atoms with van der Waals surface area (Å²) in [6.45, 7) is 7.79. The average Bonchev–Trinajstić information content (AvgIpc) is 2.44. The van der Waals surface area contributed by atoms with Crippen LogP contribution in [0.25, 0.3) is 0 Å². The molecule has 6 heteroatoms. The van der Waals surface area contributed by atoms with Crippen LogP contribution in [0.15, 0.2) is 0 Å². The quantitative estimate of drug-likeness (QED) is 0.730. The lowest BCUT2D eigenvalue weighted by atomic mass is 9.86. The molecular weight excluding hydrogens is 298 g/mol. The Morgan fingerprint density at radius 2 is 1.91 bits per heavy atom. The van der Waals surface area contributed by atoms with Crippen molar-refractivity contribution in [3.8, 4) is 0 Å². The largest absolute Gasteiger partial charge is 0.469 e. The van der Waals surface area contributed by atoms with Crippen LogP contribution in [-0.4, -0.2) is 54.0 Å². The van der Waals surface area contributed by atoms with Gasteiger partial charge in [-0.05, 0) is 40.5 Å². The molecule has 0 unspecified atom stereocenters. The zero-order chi connectivity index (χ0) is 17.3. The molecule has 2 aliphatic rings. The van der Waals surface area contributed by atoms with E-state index in [4.69, 9.17) is 14.2 Å². The summed E-state index contributed by atoms with van der Waals surface area (Å²) >= 11 is 0. The van der Waals surface area contributed by atoms with Crippen LogP contribution in [0.4, 0.5) is 4.79 Å². The third-order valence-corrected chi connectivity index (χ3v) is 4.38. The van der Waals surface area contributed by atoms with Gasteiger partial charge in [-0.3, -0.25) is 9.69 Å². The molecule has 1 saturated carbocycles. The number of ether oxygens (including phenoxy) is 3. The number of carbonyl (C=O) groups is 2. The molecule has 3 atom stereocenters. The first-order valence-corrected chi connectivity index (χ1v) is 8.38. The molecule has 0 spiro atoms. The summed E-state index contributed by atoms with van der Waals surface area (Å²) in [5.41, 5.74) is -1.28. The Labute approximate surface area is 138 Å². The Balaban J connectivity index is 2.19. The lowest BCUT2D eigenvalue weighted by Gasteiger charge is -2.50. The molecule has 0 radical (unpaired) electrons. The molecule has 1 aliphatic carbocycles. The van der Waals surface area contributed by atoms with E-state index >= 15 is 0 Å². The summed E-state index contributed by atoms with van der Waals surface area (Å²) in [5, 5.41) is 0. The van der Waals surface area contributed by atoms with Crippen molar-refractivity contribution < 1.29 is 23.8 Å². The summed E-state index contributed by atoms with van der Waals surface area (Å²) in [7, 11) is 1.36. The minimum atomic E-state index is -0.734. The van der Waals surface area contributed by atoms with Crippen LogP contribution in [0, 0.1) is 0 Å². The second-order valence-corrected chi connectivity index (χ2v) is 7.82. The Morgan fingerprint density at radius 1 is 1.26 bits per heavy atom. The normalized spacial score (nSPS) is 31.3. The van der Waals surface area contributed by atoms with Crippen LogP contribution >= 0.6 is 0 Å². The molecule has 0 N–H and O–H groups in total. The van der Waals surface area contributed by atoms with Gasteiger partial charge in [-0.2, -0.15) is 0 Å². The zero-order valence-corrected chi connectivity index (χ0v) is 14.9. The van der Waals surface area contributed by atoms with Crippen molar-refractivity contribution in [2.24, 2.45) is 0 Å². The zero-order valence-electron chi connectivity index (χ0n) is 14.9. The van der Waals surface area contributed by atoms with Gasteiger partial charge in [0.2, 0.25) is 0 Å². The summed E-state index contributed by atoms with van der Waals surface area (Å²) in [6, 6.07) is 0.0318. The number of rotatable bonds is 2. The number of nitrogens with zero attached hydrogens (tertiary/aromatic N) is 1. The van der Waals surface area contributed by atoms with Crippen molar-refractivity contribution in [1.82, 2.24) is 4.90 Å². The third kappa shape index (κ3) is 4.59. The minimum Gasteiger partial charge on any atom is -0.469 e. The van der Waals surface area contributed by atoms with E-state index in [0.717, 1.165) is 25.7 Å². The number of amides is 1. The summed E-state index contributed by atoms with van der Waals surface area (Å²) < 4.78 is 16.6. The summed E-state index contributed by atoms with van der Waals surface area (Å²) in [5.74, 6) is -0.328. The first kappa shape index (κ1) is 18.0. The van der Waals surface area contributed by atoms with Crippen molar-refractivity contribution in [3.63, 3.8) is 0 Å². The molecule has 2 rings (SSSR count). The highest BCUT2D eigenvalue weighted by atomic mass is 16.6. The highest BCUT2D eigenvalue weighted by Crippen LogP contribution is 2.37. The van der Waals surface area contributed by atoms with Crippen LogP contribution in [0.2, 0.25) is 0 Å².